The van der Waals surface area contributed by atoms with Crippen LogP contribution in [0.5, 0.6) is 0 Å². The fourth-order valence-corrected chi connectivity index (χ4v) is 1.70. The number of ether oxygens (including phenoxy) is 1. The minimum absolute atomic E-state index is 0.146. The van der Waals surface area contributed by atoms with Crippen LogP contribution >= 0.6 is 0 Å². The summed E-state index contributed by atoms with van der Waals surface area (Å²) in [6.07, 6.45) is 1.88. The van der Waals surface area contributed by atoms with Gasteiger partial charge in [-0.05, 0) is 11.6 Å². The Labute approximate surface area is 94.7 Å². The van der Waals surface area contributed by atoms with Gasteiger partial charge in [0.2, 0.25) is 5.89 Å². The number of hydrogen-bond donors (Lipinski definition) is 1. The molecule has 0 radical (unpaired) electrons. The Morgan fingerprint density at radius 1 is 1.44 bits per heavy atom. The van der Waals surface area contributed by atoms with E-state index >= 15 is 0 Å². The molecule has 0 bridgehead atoms. The monoisotopic (exact) mass is 226 g/mol. The number of morpholine rings is 1. The van der Waals surface area contributed by atoms with Crippen LogP contribution in [0, 0.1) is 0 Å². The number of hydrogen-bond acceptors (Lipinski definition) is 6. The summed E-state index contributed by atoms with van der Waals surface area (Å²) in [5.74, 6) is 1.16. The zero-order valence-electron chi connectivity index (χ0n) is 9.56. The molecule has 0 saturated carbocycles. The normalized spacial score (nSPS) is 18.8. The van der Waals surface area contributed by atoms with Crippen molar-refractivity contribution in [3.8, 4) is 0 Å². The Morgan fingerprint density at radius 2 is 2.19 bits per heavy atom. The van der Waals surface area contributed by atoms with Gasteiger partial charge in [-0.2, -0.15) is 4.98 Å². The van der Waals surface area contributed by atoms with E-state index in [0.29, 0.717) is 25.1 Å². The standard InChI is InChI=1S/C10H18N4O2/c1-2-3-8(11)9-12-10(13-16-9)14-4-6-15-7-5-14/h8H,2-7,11H2,1H3. The van der Waals surface area contributed by atoms with Gasteiger partial charge >= 0.3 is 0 Å². The molecule has 1 aromatic rings. The van der Waals surface area contributed by atoms with Crippen LogP contribution in [-0.4, -0.2) is 36.4 Å². The van der Waals surface area contributed by atoms with E-state index in [1.165, 1.54) is 0 Å². The molecule has 1 saturated heterocycles. The predicted octanol–water partition coefficient (Wildman–Crippen LogP) is 0.706. The highest BCUT2D eigenvalue weighted by Crippen LogP contribution is 2.17. The topological polar surface area (TPSA) is 77.4 Å². The van der Waals surface area contributed by atoms with Crippen LogP contribution in [-0.2, 0) is 4.74 Å². The molecule has 0 amide bonds. The molecule has 1 atom stereocenters. The third-order valence-electron chi connectivity index (χ3n) is 2.64. The summed E-state index contributed by atoms with van der Waals surface area (Å²) in [6.45, 7) is 5.12. The summed E-state index contributed by atoms with van der Waals surface area (Å²) in [6, 6.07) is -0.146. The first-order valence-electron chi connectivity index (χ1n) is 5.73. The highest BCUT2D eigenvalue weighted by molar-refractivity contribution is 5.28. The summed E-state index contributed by atoms with van der Waals surface area (Å²) in [4.78, 5) is 6.37. The summed E-state index contributed by atoms with van der Waals surface area (Å²) in [5.41, 5.74) is 5.91. The van der Waals surface area contributed by atoms with Crippen LogP contribution in [0.3, 0.4) is 0 Å². The lowest BCUT2D eigenvalue weighted by atomic mass is 10.2. The molecule has 6 heteroatoms. The average molecular weight is 226 g/mol. The molecule has 6 nitrogen and oxygen atoms in total. The van der Waals surface area contributed by atoms with Crippen molar-refractivity contribution < 1.29 is 9.26 Å². The molecule has 2 heterocycles. The third-order valence-corrected chi connectivity index (χ3v) is 2.64. The lowest BCUT2D eigenvalue weighted by Gasteiger charge is -2.24. The van der Waals surface area contributed by atoms with Crippen molar-refractivity contribution in [3.05, 3.63) is 5.89 Å². The van der Waals surface area contributed by atoms with Gasteiger partial charge < -0.3 is 19.9 Å². The molecule has 90 valence electrons. The second kappa shape index (κ2) is 5.27. The van der Waals surface area contributed by atoms with Crippen molar-refractivity contribution in [1.29, 1.82) is 0 Å². The van der Waals surface area contributed by atoms with Gasteiger partial charge in [0.25, 0.3) is 5.95 Å². The Bertz CT molecular complexity index is 322. The van der Waals surface area contributed by atoms with E-state index in [9.17, 15) is 0 Å². The molecular weight excluding hydrogens is 208 g/mol. The minimum Gasteiger partial charge on any atom is -0.378 e. The van der Waals surface area contributed by atoms with Gasteiger partial charge in [-0.3, -0.25) is 0 Å². The maximum atomic E-state index is 5.91. The van der Waals surface area contributed by atoms with Crippen molar-refractivity contribution in [1.82, 2.24) is 10.1 Å². The van der Waals surface area contributed by atoms with E-state index < -0.39 is 0 Å². The molecule has 0 spiro atoms. The average Bonchev–Trinajstić information content (AvgIpc) is 2.80. The molecule has 1 fully saturated rings. The highest BCUT2D eigenvalue weighted by Gasteiger charge is 2.19. The van der Waals surface area contributed by atoms with Crippen LogP contribution in [0.2, 0.25) is 0 Å². The molecule has 0 aliphatic carbocycles. The number of anilines is 1. The first kappa shape index (κ1) is 11.3. The Hall–Kier alpha value is -1.14. The fraction of sp³-hybridized carbons (Fsp3) is 0.800. The van der Waals surface area contributed by atoms with E-state index in [1.807, 2.05) is 0 Å². The Morgan fingerprint density at radius 3 is 2.88 bits per heavy atom. The molecular formula is C10H18N4O2. The van der Waals surface area contributed by atoms with E-state index in [-0.39, 0.29) is 6.04 Å². The quantitative estimate of drug-likeness (QED) is 0.814. The number of nitrogens with two attached hydrogens (primary N) is 1. The smallest absolute Gasteiger partial charge is 0.266 e. The van der Waals surface area contributed by atoms with Crippen molar-refractivity contribution in [3.63, 3.8) is 0 Å². The van der Waals surface area contributed by atoms with Gasteiger partial charge in [0, 0.05) is 13.1 Å². The lowest BCUT2D eigenvalue weighted by Crippen LogP contribution is -2.36. The van der Waals surface area contributed by atoms with Crippen LogP contribution in [0.15, 0.2) is 4.52 Å². The third kappa shape index (κ3) is 2.51. The first-order chi connectivity index (χ1) is 7.81. The number of aromatic nitrogens is 2. The van der Waals surface area contributed by atoms with Crippen molar-refractivity contribution in [2.45, 2.75) is 25.8 Å². The highest BCUT2D eigenvalue weighted by atomic mass is 16.5. The summed E-state index contributed by atoms with van der Waals surface area (Å²) < 4.78 is 10.4. The van der Waals surface area contributed by atoms with E-state index in [4.69, 9.17) is 15.0 Å². The summed E-state index contributed by atoms with van der Waals surface area (Å²) >= 11 is 0. The second-order valence-electron chi connectivity index (χ2n) is 3.93. The maximum absolute atomic E-state index is 5.91. The van der Waals surface area contributed by atoms with Crippen LogP contribution in [0.4, 0.5) is 5.95 Å². The van der Waals surface area contributed by atoms with E-state index in [2.05, 4.69) is 22.0 Å². The summed E-state index contributed by atoms with van der Waals surface area (Å²) in [7, 11) is 0. The van der Waals surface area contributed by atoms with E-state index in [1.54, 1.807) is 0 Å². The molecule has 1 aliphatic heterocycles. The van der Waals surface area contributed by atoms with Gasteiger partial charge in [0.15, 0.2) is 0 Å². The number of nitrogens with zero attached hydrogens (tertiary/aromatic N) is 3. The summed E-state index contributed by atoms with van der Waals surface area (Å²) in [5, 5.41) is 3.95. The largest absolute Gasteiger partial charge is 0.378 e. The molecule has 2 N–H and O–H groups in total. The molecule has 0 aromatic carbocycles. The predicted molar refractivity (Wildman–Crippen MR) is 59.2 cm³/mol. The Kier molecular flexibility index (Phi) is 3.74. The SMILES string of the molecule is CCCC(N)c1nc(N2CCOCC2)no1. The molecule has 2 rings (SSSR count). The molecule has 1 aromatic heterocycles. The zero-order valence-corrected chi connectivity index (χ0v) is 9.56. The van der Waals surface area contributed by atoms with Crippen LogP contribution in [0.1, 0.15) is 31.7 Å². The van der Waals surface area contributed by atoms with Crippen LogP contribution in [0.25, 0.3) is 0 Å². The van der Waals surface area contributed by atoms with Crippen molar-refractivity contribution in [2.75, 3.05) is 31.2 Å². The van der Waals surface area contributed by atoms with Gasteiger partial charge in [-0.25, -0.2) is 0 Å². The minimum atomic E-state index is -0.146. The zero-order chi connectivity index (χ0) is 11.4. The molecule has 16 heavy (non-hydrogen) atoms. The Balaban J connectivity index is 2.00. The van der Waals surface area contributed by atoms with Gasteiger partial charge in [-0.1, -0.05) is 13.3 Å². The molecule has 1 unspecified atom stereocenters. The van der Waals surface area contributed by atoms with Gasteiger partial charge in [0.05, 0.1) is 19.3 Å². The van der Waals surface area contributed by atoms with Crippen molar-refractivity contribution in [2.24, 2.45) is 5.73 Å². The van der Waals surface area contributed by atoms with Gasteiger partial charge in [0.1, 0.15) is 0 Å². The second-order valence-corrected chi connectivity index (χ2v) is 3.93. The fourth-order valence-electron chi connectivity index (χ4n) is 1.70. The van der Waals surface area contributed by atoms with E-state index in [0.717, 1.165) is 25.9 Å². The lowest BCUT2D eigenvalue weighted by molar-refractivity contribution is 0.121. The number of rotatable bonds is 4. The van der Waals surface area contributed by atoms with Crippen LogP contribution < -0.4 is 10.6 Å². The van der Waals surface area contributed by atoms with Crippen molar-refractivity contribution >= 4 is 5.95 Å². The first-order valence-corrected chi connectivity index (χ1v) is 5.73. The molecule has 1 aliphatic rings. The van der Waals surface area contributed by atoms with Gasteiger partial charge in [-0.15, -0.1) is 0 Å². The maximum Gasteiger partial charge on any atom is 0.266 e.